The zero-order valence-electron chi connectivity index (χ0n) is 39.4. The molecule has 0 N–H and O–H groups in total. The fourth-order valence-corrected chi connectivity index (χ4v) is 18.1. The Balaban J connectivity index is 0.000000207. The molecule has 0 spiro atoms. The predicted octanol–water partition coefficient (Wildman–Crippen LogP) is 13.3. The molecule has 0 radical (unpaired) electrons. The number of carboxylic acid groups (broad SMARTS) is 1. The van der Waals surface area contributed by atoms with Crippen molar-refractivity contribution >= 4 is 87.9 Å². The van der Waals surface area contributed by atoms with E-state index in [0.717, 1.165) is 0 Å². The molecule has 0 aliphatic carbocycles. The molecule has 0 atom stereocenters. The Morgan fingerprint density at radius 1 is 0.329 bits per heavy atom. The third-order valence-electron chi connectivity index (χ3n) is 10.5. The van der Waals surface area contributed by atoms with Gasteiger partial charge in [-0.15, -0.1) is 0 Å². The molecule has 0 fully saturated rings. The second-order valence-electron chi connectivity index (χ2n) is 15.8. The van der Waals surface area contributed by atoms with Crippen LogP contribution in [-0.2, 0) is 19.5 Å². The fraction of sp³-hybridized carbons (Fsp3) is 0.0690. The zero-order chi connectivity index (χ0) is 51.1. The third-order valence-corrected chi connectivity index (χ3v) is 21.3. The summed E-state index contributed by atoms with van der Waals surface area (Å²) in [6, 6.07) is 93.0. The van der Waals surface area contributed by atoms with Crippen molar-refractivity contribution in [3.63, 3.8) is 0 Å². The largest absolute Gasteiger partial charge is 2.00 e. The van der Waals surface area contributed by atoms with Gasteiger partial charge < -0.3 is 9.90 Å². The van der Waals surface area contributed by atoms with Gasteiger partial charge in [0.15, 0.2) is 0 Å². The Bertz CT molecular complexity index is 2440. The monoisotopic (exact) mass is 1170 g/mol. The van der Waals surface area contributed by atoms with Crippen LogP contribution in [0.5, 0.6) is 0 Å². The number of carboxylic acids is 1. The van der Waals surface area contributed by atoms with Crippen LogP contribution in [-0.4, -0.2) is 35.6 Å². The summed E-state index contributed by atoms with van der Waals surface area (Å²) in [5.41, 5.74) is -0.0301. The van der Waals surface area contributed by atoms with E-state index in [1.165, 1.54) is 79.3 Å². The number of pyridine rings is 1. The summed E-state index contributed by atoms with van der Waals surface area (Å²) in [5.74, 6) is -1.24. The van der Waals surface area contributed by atoms with Gasteiger partial charge in [-0.05, 0) is 111 Å². The third kappa shape index (κ3) is 22.0. The average molecular weight is 1160 g/mol. The summed E-state index contributed by atoms with van der Waals surface area (Å²) in [5, 5.41) is 21.8. The standard InChI is InChI=1S/2C26H24P2.C6H5NO2.F6P.Ru/c2*1-5-13-23(14-6-1)27(24-15-7-2-8-16-24)21-22-28(25-17-9-3-10-18-25)26-19-11-4-12-20-26;8-6(9)5-3-1-2-4-7-5;1-7(2,3,4,5)6;/h2*1-20H,21-22H2;1-4H,(H,8,9);;/q;;;-1;+2/p-1. The Labute approximate surface area is 442 Å². The van der Waals surface area contributed by atoms with Crippen molar-refractivity contribution in [1.82, 2.24) is 4.98 Å². The van der Waals surface area contributed by atoms with E-state index in [4.69, 9.17) is 0 Å². The van der Waals surface area contributed by atoms with E-state index >= 15 is 0 Å². The number of halogens is 6. The molecular weight excluding hydrogens is 1110 g/mol. The Hall–Kier alpha value is -5.27. The molecule has 0 saturated heterocycles. The average Bonchev–Trinajstić information content (AvgIpc) is 3.41. The van der Waals surface area contributed by atoms with Crippen LogP contribution in [0, 0.1) is 0 Å². The van der Waals surface area contributed by atoms with Crippen molar-refractivity contribution in [3.05, 3.63) is 273 Å². The van der Waals surface area contributed by atoms with E-state index in [1.807, 2.05) is 0 Å². The van der Waals surface area contributed by atoms with Gasteiger partial charge in [0.25, 0.3) is 0 Å². The number of carbonyl (C=O) groups excluding carboxylic acids is 1. The minimum Gasteiger partial charge on any atom is -0.543 e. The summed E-state index contributed by atoms with van der Waals surface area (Å²) >= 11 is 0. The zero-order valence-corrected chi connectivity index (χ0v) is 45.6. The molecule has 15 heteroatoms. The van der Waals surface area contributed by atoms with E-state index in [9.17, 15) is 35.1 Å². The molecule has 0 amide bonds. The number of aromatic nitrogens is 1. The molecule has 0 saturated carbocycles. The van der Waals surface area contributed by atoms with Gasteiger partial charge in [-0.3, -0.25) is 4.98 Å². The molecule has 0 bridgehead atoms. The van der Waals surface area contributed by atoms with Crippen LogP contribution in [0.1, 0.15) is 10.5 Å². The first-order chi connectivity index (χ1) is 34.6. The number of carbonyl (C=O) groups is 1. The van der Waals surface area contributed by atoms with Crippen molar-refractivity contribution < 1.29 is 54.6 Å². The van der Waals surface area contributed by atoms with Gasteiger partial charge in [0, 0.05) is 6.20 Å². The van der Waals surface area contributed by atoms with Crippen LogP contribution in [0.2, 0.25) is 0 Å². The number of benzene rings is 8. The van der Waals surface area contributed by atoms with E-state index in [-0.39, 0.29) is 56.9 Å². The van der Waals surface area contributed by atoms with E-state index in [1.54, 1.807) is 12.1 Å². The summed E-state index contributed by atoms with van der Waals surface area (Å²) in [4.78, 5) is 13.5. The maximum absolute atomic E-state index is 10.7. The molecule has 1 heterocycles. The first kappa shape index (κ1) is 58.6. The van der Waals surface area contributed by atoms with Gasteiger partial charge in [0.1, 0.15) is 0 Å². The first-order valence-electron chi connectivity index (χ1n) is 22.8. The second-order valence-corrected chi connectivity index (χ2v) is 27.0. The van der Waals surface area contributed by atoms with Crippen molar-refractivity contribution in [2.24, 2.45) is 0 Å². The fourth-order valence-electron chi connectivity index (χ4n) is 7.38. The topological polar surface area (TPSA) is 53.0 Å². The van der Waals surface area contributed by atoms with Crippen LogP contribution in [0.3, 0.4) is 0 Å². The van der Waals surface area contributed by atoms with Crippen molar-refractivity contribution in [2.45, 2.75) is 0 Å². The van der Waals surface area contributed by atoms with Gasteiger partial charge >= 0.3 is 52.5 Å². The predicted molar refractivity (Wildman–Crippen MR) is 298 cm³/mol. The van der Waals surface area contributed by atoms with Crippen LogP contribution in [0.15, 0.2) is 267 Å². The van der Waals surface area contributed by atoms with Crippen LogP contribution < -0.4 is 47.5 Å². The van der Waals surface area contributed by atoms with E-state index in [2.05, 4.69) is 248 Å². The Morgan fingerprint density at radius 2 is 0.493 bits per heavy atom. The molecule has 9 aromatic rings. The summed E-state index contributed by atoms with van der Waals surface area (Å²) < 4.78 is 59.2. The Kier molecular flexibility index (Phi) is 22.8. The van der Waals surface area contributed by atoms with Crippen molar-refractivity contribution in [1.29, 1.82) is 0 Å². The molecule has 3 nitrogen and oxygen atoms in total. The minimum atomic E-state index is -10.7. The molecule has 0 aliphatic rings. The maximum Gasteiger partial charge on any atom is 2.00 e. The van der Waals surface area contributed by atoms with Crippen LogP contribution in [0.4, 0.5) is 25.2 Å². The van der Waals surface area contributed by atoms with Gasteiger partial charge in [0.2, 0.25) is 0 Å². The van der Waals surface area contributed by atoms with E-state index < -0.39 is 13.8 Å². The maximum atomic E-state index is 10.0. The number of rotatable bonds is 15. The minimum absolute atomic E-state index is 0. The smallest absolute Gasteiger partial charge is 0.543 e. The van der Waals surface area contributed by atoms with Gasteiger partial charge in [0.05, 0.1) is 11.7 Å². The summed E-state index contributed by atoms with van der Waals surface area (Å²) in [7, 11) is -12.0. The normalized spacial score (nSPS) is 11.8. The van der Waals surface area contributed by atoms with Crippen molar-refractivity contribution in [2.75, 3.05) is 24.6 Å². The molecule has 376 valence electrons. The van der Waals surface area contributed by atoms with Crippen molar-refractivity contribution in [3.8, 4) is 0 Å². The summed E-state index contributed by atoms with van der Waals surface area (Å²) in [6.45, 7) is 0. The number of nitrogens with zero attached hydrogens (tertiary/aromatic N) is 1. The van der Waals surface area contributed by atoms with Crippen LogP contribution >= 0.6 is 39.5 Å². The number of hydrogen-bond acceptors (Lipinski definition) is 3. The van der Waals surface area contributed by atoms with Gasteiger partial charge in [-0.2, -0.15) is 0 Å². The molecule has 9 rings (SSSR count). The number of aromatic carboxylic acids is 1. The van der Waals surface area contributed by atoms with E-state index in [0.29, 0.717) is 0 Å². The molecule has 1 aromatic heterocycles. The molecule has 0 unspecified atom stereocenters. The quantitative estimate of drug-likeness (QED) is 0.0584. The summed E-state index contributed by atoms with van der Waals surface area (Å²) in [6.07, 6.45) is 6.24. The molecular formula is C58H52F6NO2P5Ru. The molecule has 73 heavy (non-hydrogen) atoms. The van der Waals surface area contributed by atoms with Crippen LogP contribution in [0.25, 0.3) is 0 Å². The molecule has 0 aliphatic heterocycles. The first-order valence-corrected chi connectivity index (χ1v) is 30.9. The molecule has 8 aromatic carbocycles. The SMILES string of the molecule is F[P-](F)(F)(F)(F)F.O=C([O-])c1ccccn1.[Ru+2].c1ccc(P(CCP(c2ccccc2)c2ccccc2)c2ccccc2)cc1.c1ccc(P(CCP(c2ccccc2)c2ccccc2)c2ccccc2)cc1. The van der Waals surface area contributed by atoms with Gasteiger partial charge in [-0.1, -0.05) is 249 Å². The second kappa shape index (κ2) is 28.4. The Morgan fingerprint density at radius 3 is 0.616 bits per heavy atom. The number of hydrogen-bond donors (Lipinski definition) is 0. The van der Waals surface area contributed by atoms with Gasteiger partial charge in [-0.25, -0.2) is 0 Å².